The summed E-state index contributed by atoms with van der Waals surface area (Å²) in [5.41, 5.74) is 1.96. The second kappa shape index (κ2) is 7.79. The van der Waals surface area contributed by atoms with E-state index in [0.29, 0.717) is 16.9 Å². The quantitative estimate of drug-likeness (QED) is 0.707. The molecular weight excluding hydrogens is 370 g/mol. The molecule has 0 unspecified atom stereocenters. The number of carbonyl (C=O) groups is 1. The van der Waals surface area contributed by atoms with Crippen molar-refractivity contribution in [2.45, 2.75) is 6.54 Å². The minimum absolute atomic E-state index is 0.0861. The number of amides is 1. The van der Waals surface area contributed by atoms with Crippen molar-refractivity contribution in [3.8, 4) is 11.6 Å². The predicted octanol–water partition coefficient (Wildman–Crippen LogP) is 3.33. The number of nitrogens with one attached hydrogen (secondary N) is 1. The highest BCUT2D eigenvalue weighted by Crippen LogP contribution is 2.24. The zero-order chi connectivity index (χ0) is 16.8. The van der Waals surface area contributed by atoms with E-state index < -0.39 is 0 Å². The van der Waals surface area contributed by atoms with Gasteiger partial charge < -0.3 is 10.1 Å². The van der Waals surface area contributed by atoms with E-state index in [1.807, 2.05) is 60.7 Å². The lowest BCUT2D eigenvalue weighted by atomic mass is 10.2. The summed E-state index contributed by atoms with van der Waals surface area (Å²) in [5, 5.41) is 7.15. The van der Waals surface area contributed by atoms with Gasteiger partial charge in [-0.2, -0.15) is 0 Å². The van der Waals surface area contributed by atoms with Crippen molar-refractivity contribution in [1.29, 1.82) is 0 Å². The van der Waals surface area contributed by atoms with E-state index in [0.717, 1.165) is 11.3 Å². The molecule has 6 heteroatoms. The number of halogens is 1. The first-order chi connectivity index (χ1) is 11.7. The third kappa shape index (κ3) is 4.23. The molecule has 3 aromatic rings. The minimum atomic E-state index is -0.194. The van der Waals surface area contributed by atoms with Gasteiger partial charge in [0.2, 0.25) is 5.88 Å². The average molecular weight is 386 g/mol. The van der Waals surface area contributed by atoms with Gasteiger partial charge in [0.1, 0.15) is 0 Å². The summed E-state index contributed by atoms with van der Waals surface area (Å²) in [7, 11) is 0. The number of benzene rings is 2. The Morgan fingerprint density at radius 3 is 2.46 bits per heavy atom. The average Bonchev–Trinajstić information content (AvgIpc) is 3.01. The second-order valence-corrected chi connectivity index (χ2v) is 5.97. The molecule has 1 aromatic heterocycles. The molecule has 122 valence electrons. The Kier molecular flexibility index (Phi) is 5.28. The maximum atomic E-state index is 11.9. The van der Waals surface area contributed by atoms with E-state index in [1.54, 1.807) is 10.9 Å². The highest BCUT2D eigenvalue weighted by atomic mass is 79.9. The summed E-state index contributed by atoms with van der Waals surface area (Å²) in [6.45, 7) is 0.389. The lowest BCUT2D eigenvalue weighted by Gasteiger charge is -2.06. The van der Waals surface area contributed by atoms with Crippen molar-refractivity contribution in [2.75, 3.05) is 6.61 Å². The van der Waals surface area contributed by atoms with Gasteiger partial charge in [-0.05, 0) is 33.6 Å². The minimum Gasteiger partial charge on any atom is -0.466 e. The van der Waals surface area contributed by atoms with E-state index in [1.165, 1.54) is 0 Å². The fourth-order valence-corrected chi connectivity index (χ4v) is 2.52. The van der Waals surface area contributed by atoms with Crippen LogP contribution < -0.4 is 10.1 Å². The Morgan fingerprint density at radius 1 is 1.08 bits per heavy atom. The van der Waals surface area contributed by atoms with Gasteiger partial charge in [0.25, 0.3) is 5.91 Å². The van der Waals surface area contributed by atoms with Crippen LogP contribution in [-0.2, 0) is 11.3 Å². The predicted molar refractivity (Wildman–Crippen MR) is 95.0 cm³/mol. The third-order valence-corrected chi connectivity index (χ3v) is 3.88. The van der Waals surface area contributed by atoms with Crippen molar-refractivity contribution in [3.63, 3.8) is 0 Å². The van der Waals surface area contributed by atoms with E-state index in [9.17, 15) is 4.79 Å². The lowest BCUT2D eigenvalue weighted by molar-refractivity contribution is -0.123. The van der Waals surface area contributed by atoms with E-state index in [4.69, 9.17) is 4.74 Å². The third-order valence-electron chi connectivity index (χ3n) is 3.33. The van der Waals surface area contributed by atoms with Crippen molar-refractivity contribution < 1.29 is 9.53 Å². The van der Waals surface area contributed by atoms with Gasteiger partial charge in [-0.15, -0.1) is 5.10 Å². The molecule has 5 nitrogen and oxygen atoms in total. The Hall–Kier alpha value is -2.60. The van der Waals surface area contributed by atoms with Crippen molar-refractivity contribution in [2.24, 2.45) is 0 Å². The molecule has 3 rings (SSSR count). The molecule has 0 radical (unpaired) electrons. The molecule has 0 fully saturated rings. The Labute approximate surface area is 148 Å². The van der Waals surface area contributed by atoms with Crippen LogP contribution >= 0.6 is 15.9 Å². The molecule has 0 bridgehead atoms. The zero-order valence-electron chi connectivity index (χ0n) is 12.9. The molecule has 0 atom stereocenters. The zero-order valence-corrected chi connectivity index (χ0v) is 14.4. The Morgan fingerprint density at radius 2 is 1.75 bits per heavy atom. The first kappa shape index (κ1) is 16.3. The summed E-state index contributed by atoms with van der Waals surface area (Å²) >= 11 is 3.40. The van der Waals surface area contributed by atoms with Gasteiger partial charge in [0.05, 0.1) is 10.2 Å². The monoisotopic (exact) mass is 385 g/mol. The molecule has 0 aliphatic heterocycles. The second-order valence-electron chi connectivity index (χ2n) is 5.11. The van der Waals surface area contributed by atoms with Crippen LogP contribution in [-0.4, -0.2) is 22.3 Å². The molecular formula is C18H16BrN3O2. The molecule has 0 saturated carbocycles. The molecule has 0 saturated heterocycles. The Bertz CT molecular complexity index is 804. The van der Waals surface area contributed by atoms with Gasteiger partial charge in [-0.25, -0.2) is 4.68 Å². The van der Waals surface area contributed by atoms with Crippen LogP contribution in [0.1, 0.15) is 5.56 Å². The number of hydrogen-bond acceptors (Lipinski definition) is 3. The summed E-state index contributed by atoms with van der Waals surface area (Å²) in [6.07, 6.45) is 1.80. The van der Waals surface area contributed by atoms with E-state index in [2.05, 4.69) is 26.3 Å². The van der Waals surface area contributed by atoms with Crippen LogP contribution in [0.25, 0.3) is 5.69 Å². The first-order valence-electron chi connectivity index (χ1n) is 7.46. The number of ether oxygens (including phenoxy) is 1. The van der Waals surface area contributed by atoms with E-state index in [-0.39, 0.29) is 12.5 Å². The van der Waals surface area contributed by atoms with Gasteiger partial charge in [-0.1, -0.05) is 48.5 Å². The van der Waals surface area contributed by atoms with Crippen LogP contribution in [0.4, 0.5) is 0 Å². The van der Waals surface area contributed by atoms with Crippen molar-refractivity contribution in [3.05, 3.63) is 76.9 Å². The summed E-state index contributed by atoms with van der Waals surface area (Å²) < 4.78 is 7.89. The maximum absolute atomic E-state index is 11.9. The number of rotatable bonds is 6. The first-order valence-corrected chi connectivity index (χ1v) is 8.26. The number of carbonyl (C=O) groups excluding carboxylic acids is 1. The molecule has 1 N–H and O–H groups in total. The fourth-order valence-electron chi connectivity index (χ4n) is 2.13. The molecule has 2 aromatic carbocycles. The highest BCUT2D eigenvalue weighted by Gasteiger charge is 2.11. The van der Waals surface area contributed by atoms with Crippen LogP contribution in [0.3, 0.4) is 0 Å². The van der Waals surface area contributed by atoms with Gasteiger partial charge in [-0.3, -0.25) is 4.79 Å². The number of para-hydroxylation sites is 1. The number of hydrogen-bond donors (Lipinski definition) is 1. The lowest BCUT2D eigenvalue weighted by Crippen LogP contribution is -2.28. The van der Waals surface area contributed by atoms with Crippen LogP contribution in [0.5, 0.6) is 5.88 Å². The van der Waals surface area contributed by atoms with Gasteiger partial charge in [0, 0.05) is 12.7 Å². The van der Waals surface area contributed by atoms with E-state index >= 15 is 0 Å². The van der Waals surface area contributed by atoms with Crippen LogP contribution in [0.15, 0.2) is 71.3 Å². The van der Waals surface area contributed by atoms with Crippen molar-refractivity contribution >= 4 is 21.8 Å². The maximum Gasteiger partial charge on any atom is 0.258 e. The molecule has 24 heavy (non-hydrogen) atoms. The van der Waals surface area contributed by atoms with Crippen LogP contribution in [0, 0.1) is 0 Å². The summed E-state index contributed by atoms with van der Waals surface area (Å²) in [6, 6.07) is 19.4. The molecule has 1 heterocycles. The molecule has 0 spiro atoms. The smallest absolute Gasteiger partial charge is 0.258 e. The SMILES string of the molecule is O=C(COc1nn(-c2ccccc2)cc1Br)NCc1ccccc1. The van der Waals surface area contributed by atoms with Crippen LogP contribution in [0.2, 0.25) is 0 Å². The van der Waals surface area contributed by atoms with Gasteiger partial charge in [0.15, 0.2) is 6.61 Å². The summed E-state index contributed by atoms with van der Waals surface area (Å²) in [5.74, 6) is 0.189. The standard InChI is InChI=1S/C18H16BrN3O2/c19-16-12-22(15-9-5-2-6-10-15)21-18(16)24-13-17(23)20-11-14-7-3-1-4-8-14/h1-10,12H,11,13H2,(H,20,23). The molecule has 0 aliphatic carbocycles. The summed E-state index contributed by atoms with van der Waals surface area (Å²) in [4.78, 5) is 11.9. The number of aromatic nitrogens is 2. The largest absolute Gasteiger partial charge is 0.466 e. The highest BCUT2D eigenvalue weighted by molar-refractivity contribution is 9.10. The normalized spacial score (nSPS) is 10.4. The molecule has 0 aliphatic rings. The Balaban J connectivity index is 1.55. The fraction of sp³-hybridized carbons (Fsp3) is 0.111. The van der Waals surface area contributed by atoms with Crippen molar-refractivity contribution in [1.82, 2.24) is 15.1 Å². The number of nitrogens with zero attached hydrogens (tertiary/aromatic N) is 2. The topological polar surface area (TPSA) is 56.1 Å². The van der Waals surface area contributed by atoms with Gasteiger partial charge >= 0.3 is 0 Å². The molecule has 1 amide bonds.